The highest BCUT2D eigenvalue weighted by Gasteiger charge is 2.35. The zero-order valence-electron chi connectivity index (χ0n) is 13.0. The second kappa shape index (κ2) is 6.29. The number of sulfonamides is 1. The van der Waals surface area contributed by atoms with Crippen LogP contribution in [0.1, 0.15) is 36.4 Å². The van der Waals surface area contributed by atoms with E-state index in [9.17, 15) is 13.2 Å². The van der Waals surface area contributed by atoms with Crippen LogP contribution in [-0.4, -0.2) is 24.3 Å². The molecule has 5 nitrogen and oxygen atoms in total. The second-order valence-corrected chi connectivity index (χ2v) is 7.79. The molecule has 0 spiro atoms. The van der Waals surface area contributed by atoms with Crippen molar-refractivity contribution >= 4 is 10.0 Å². The average molecular weight is 332 g/mol. The Labute approximate surface area is 136 Å². The van der Waals surface area contributed by atoms with Crippen LogP contribution < -0.4 is 5.56 Å². The van der Waals surface area contributed by atoms with Gasteiger partial charge in [0.15, 0.2) is 0 Å². The first kappa shape index (κ1) is 16.0. The van der Waals surface area contributed by atoms with Gasteiger partial charge in [-0.05, 0) is 38.0 Å². The number of hydrogen-bond donors (Lipinski definition) is 1. The Morgan fingerprint density at radius 2 is 1.87 bits per heavy atom. The highest BCUT2D eigenvalue weighted by Crippen LogP contribution is 2.34. The van der Waals surface area contributed by atoms with Crippen LogP contribution in [0.3, 0.4) is 0 Å². The molecule has 0 aliphatic carbocycles. The topological polar surface area (TPSA) is 70.2 Å². The predicted octanol–water partition coefficient (Wildman–Crippen LogP) is 2.60. The summed E-state index contributed by atoms with van der Waals surface area (Å²) in [6.45, 7) is 2.36. The maximum Gasteiger partial charge on any atom is 0.252 e. The maximum atomic E-state index is 13.0. The van der Waals surface area contributed by atoms with Gasteiger partial charge in [0.25, 0.3) is 5.56 Å². The number of hydrogen-bond acceptors (Lipinski definition) is 3. The van der Waals surface area contributed by atoms with Crippen molar-refractivity contribution in [2.45, 2.75) is 37.1 Å². The second-order valence-electron chi connectivity index (χ2n) is 5.89. The molecule has 1 aromatic heterocycles. The molecule has 6 heteroatoms. The van der Waals surface area contributed by atoms with Crippen molar-refractivity contribution in [3.63, 3.8) is 0 Å². The Bertz CT molecular complexity index is 841. The molecular formula is C17H20N2O3S. The molecule has 2 heterocycles. The van der Waals surface area contributed by atoms with Gasteiger partial charge in [-0.1, -0.05) is 30.2 Å². The molecule has 0 unspecified atom stereocenters. The fourth-order valence-electron chi connectivity index (χ4n) is 3.05. The molecule has 0 saturated carbocycles. The van der Waals surface area contributed by atoms with Crippen LogP contribution in [-0.2, 0) is 10.0 Å². The smallest absolute Gasteiger partial charge is 0.252 e. The first-order chi connectivity index (χ1) is 11.0. The van der Waals surface area contributed by atoms with Crippen LogP contribution in [0, 0.1) is 6.92 Å². The van der Waals surface area contributed by atoms with E-state index in [1.165, 1.54) is 4.31 Å². The molecule has 1 atom stereocenters. The first-order valence-electron chi connectivity index (χ1n) is 7.76. The Kier molecular flexibility index (Phi) is 4.37. The lowest BCUT2D eigenvalue weighted by Gasteiger charge is -2.34. The fourth-order valence-corrected chi connectivity index (χ4v) is 4.72. The molecule has 2 aromatic rings. The van der Waals surface area contributed by atoms with E-state index in [1.807, 2.05) is 6.92 Å². The molecule has 3 rings (SSSR count). The number of nitrogens with one attached hydrogen (secondary N) is 1. The van der Waals surface area contributed by atoms with Gasteiger partial charge in [0.05, 0.1) is 10.9 Å². The molecule has 0 radical (unpaired) electrons. The summed E-state index contributed by atoms with van der Waals surface area (Å²) in [6, 6.07) is 9.90. The van der Waals surface area contributed by atoms with E-state index in [2.05, 4.69) is 4.98 Å². The zero-order valence-corrected chi connectivity index (χ0v) is 13.8. The lowest BCUT2D eigenvalue weighted by atomic mass is 9.99. The van der Waals surface area contributed by atoms with Crippen LogP contribution in [0.25, 0.3) is 0 Å². The molecule has 1 aliphatic rings. The third-order valence-electron chi connectivity index (χ3n) is 4.29. The number of aromatic nitrogens is 1. The van der Waals surface area contributed by atoms with E-state index in [1.54, 1.807) is 42.6 Å². The van der Waals surface area contributed by atoms with Crippen LogP contribution in [0.2, 0.25) is 0 Å². The number of aromatic amines is 1. The Balaban J connectivity index is 2.03. The fraction of sp³-hybridized carbons (Fsp3) is 0.353. The standard InChI is InChI=1S/C17H20N2O3S/c1-13-7-9-14(10-8-13)23(21,22)19-12-3-2-6-16(19)15-5-4-11-18-17(15)20/h4-5,7-11,16H,2-3,6,12H2,1H3,(H,18,20)/t16-/m0/s1. The van der Waals surface area contributed by atoms with Crippen molar-refractivity contribution in [2.75, 3.05) is 6.54 Å². The van der Waals surface area contributed by atoms with Crippen molar-refractivity contribution in [3.8, 4) is 0 Å². The van der Waals surface area contributed by atoms with E-state index >= 15 is 0 Å². The van der Waals surface area contributed by atoms with Gasteiger partial charge in [0.2, 0.25) is 10.0 Å². The minimum Gasteiger partial charge on any atom is -0.329 e. The van der Waals surface area contributed by atoms with Gasteiger partial charge in [0.1, 0.15) is 0 Å². The summed E-state index contributed by atoms with van der Waals surface area (Å²) >= 11 is 0. The van der Waals surface area contributed by atoms with Gasteiger partial charge in [0, 0.05) is 18.3 Å². The molecule has 122 valence electrons. The van der Waals surface area contributed by atoms with E-state index in [4.69, 9.17) is 0 Å². The Morgan fingerprint density at radius 1 is 1.13 bits per heavy atom. The Morgan fingerprint density at radius 3 is 2.57 bits per heavy atom. The molecule has 0 amide bonds. The number of aryl methyl sites for hydroxylation is 1. The summed E-state index contributed by atoms with van der Waals surface area (Å²) in [5.41, 5.74) is 1.31. The van der Waals surface area contributed by atoms with Gasteiger partial charge in [-0.25, -0.2) is 8.42 Å². The third kappa shape index (κ3) is 3.09. The minimum absolute atomic E-state index is 0.219. The summed E-state index contributed by atoms with van der Waals surface area (Å²) in [5.74, 6) is 0. The molecule has 23 heavy (non-hydrogen) atoms. The summed E-state index contributed by atoms with van der Waals surface area (Å²) < 4.78 is 27.5. The van der Waals surface area contributed by atoms with E-state index < -0.39 is 16.1 Å². The van der Waals surface area contributed by atoms with Crippen LogP contribution in [0.5, 0.6) is 0 Å². The number of rotatable bonds is 3. The maximum absolute atomic E-state index is 13.0. The quantitative estimate of drug-likeness (QED) is 0.939. The third-order valence-corrected chi connectivity index (χ3v) is 6.21. The first-order valence-corrected chi connectivity index (χ1v) is 9.20. The van der Waals surface area contributed by atoms with Gasteiger partial charge in [-0.3, -0.25) is 4.79 Å². The molecule has 1 fully saturated rings. The summed E-state index contributed by atoms with van der Waals surface area (Å²) in [4.78, 5) is 15.0. The van der Waals surface area contributed by atoms with Crippen molar-refractivity contribution in [1.82, 2.24) is 9.29 Å². The number of nitrogens with zero attached hydrogens (tertiary/aromatic N) is 1. The number of benzene rings is 1. The van der Waals surface area contributed by atoms with Crippen LogP contribution >= 0.6 is 0 Å². The molecule has 0 bridgehead atoms. The summed E-state index contributed by atoms with van der Waals surface area (Å²) in [6.07, 6.45) is 3.96. The predicted molar refractivity (Wildman–Crippen MR) is 88.7 cm³/mol. The molecule has 1 saturated heterocycles. The van der Waals surface area contributed by atoms with Crippen molar-refractivity contribution in [1.29, 1.82) is 0 Å². The Hall–Kier alpha value is -1.92. The number of H-pyrrole nitrogens is 1. The summed E-state index contributed by atoms with van der Waals surface area (Å²) in [7, 11) is -3.61. The normalized spacial score (nSPS) is 19.6. The minimum atomic E-state index is -3.61. The average Bonchev–Trinajstić information content (AvgIpc) is 2.56. The monoisotopic (exact) mass is 332 g/mol. The number of piperidine rings is 1. The van der Waals surface area contributed by atoms with Gasteiger partial charge < -0.3 is 4.98 Å². The molecule has 1 N–H and O–H groups in total. The van der Waals surface area contributed by atoms with Crippen molar-refractivity contribution in [2.24, 2.45) is 0 Å². The molecule has 1 aromatic carbocycles. The van der Waals surface area contributed by atoms with Crippen LogP contribution in [0.4, 0.5) is 0 Å². The van der Waals surface area contributed by atoms with E-state index in [0.717, 1.165) is 18.4 Å². The van der Waals surface area contributed by atoms with Crippen molar-refractivity contribution in [3.05, 3.63) is 64.1 Å². The zero-order chi connectivity index (χ0) is 16.4. The number of pyridine rings is 1. The molecular weight excluding hydrogens is 312 g/mol. The lowest BCUT2D eigenvalue weighted by molar-refractivity contribution is 0.254. The van der Waals surface area contributed by atoms with Crippen molar-refractivity contribution < 1.29 is 8.42 Å². The molecule has 1 aliphatic heterocycles. The highest BCUT2D eigenvalue weighted by molar-refractivity contribution is 7.89. The SMILES string of the molecule is Cc1ccc(S(=O)(=O)N2CCCC[C@H]2c2ccc[nH]c2=O)cc1. The van der Waals surface area contributed by atoms with E-state index in [-0.39, 0.29) is 10.5 Å². The van der Waals surface area contributed by atoms with Gasteiger partial charge in [-0.15, -0.1) is 0 Å². The van der Waals surface area contributed by atoms with E-state index in [0.29, 0.717) is 18.5 Å². The highest BCUT2D eigenvalue weighted by atomic mass is 32.2. The van der Waals surface area contributed by atoms with Gasteiger partial charge in [-0.2, -0.15) is 4.31 Å². The summed E-state index contributed by atoms with van der Waals surface area (Å²) in [5, 5.41) is 0. The van der Waals surface area contributed by atoms with Crippen LogP contribution in [0.15, 0.2) is 52.3 Å². The lowest BCUT2D eigenvalue weighted by Crippen LogP contribution is -2.40. The van der Waals surface area contributed by atoms with Gasteiger partial charge >= 0.3 is 0 Å². The largest absolute Gasteiger partial charge is 0.329 e.